The third-order valence-electron chi connectivity index (χ3n) is 1.39. The minimum atomic E-state index is -0.310. The zero-order chi connectivity index (χ0) is 8.39. The van der Waals surface area contributed by atoms with Crippen molar-refractivity contribution in [3.63, 3.8) is 0 Å². The molecule has 60 valence electrons. The normalized spacial score (nSPS) is 15.8. The molecule has 1 aromatic rings. The van der Waals surface area contributed by atoms with Gasteiger partial charge < -0.3 is 0 Å². The molecule has 2 heterocycles. The third kappa shape index (κ3) is 1.38. The summed E-state index contributed by atoms with van der Waals surface area (Å²) in [4.78, 5) is 3.98. The van der Waals surface area contributed by atoms with Crippen LogP contribution in [0.15, 0.2) is 43.6 Å². The molecule has 6 heteroatoms. The van der Waals surface area contributed by atoms with Crippen molar-refractivity contribution in [2.75, 3.05) is 0 Å². The van der Waals surface area contributed by atoms with Crippen LogP contribution < -0.4 is 0 Å². The van der Waals surface area contributed by atoms with E-state index in [-0.39, 0.29) is 6.17 Å². The molecule has 2 rings (SSSR count). The van der Waals surface area contributed by atoms with Crippen molar-refractivity contribution < 1.29 is 0 Å². The molecule has 0 bridgehead atoms. The number of halogens is 1. The molecule has 1 aliphatic heterocycles. The van der Waals surface area contributed by atoms with Crippen LogP contribution in [0, 0.1) is 0 Å². The molecule has 0 amide bonds. The van der Waals surface area contributed by atoms with E-state index < -0.39 is 0 Å². The summed E-state index contributed by atoms with van der Waals surface area (Å²) in [5.41, 5.74) is 0.884. The number of hydrogen-bond donors (Lipinski definition) is 0. The monoisotopic (exact) mass is 225 g/mol. The molecule has 12 heavy (non-hydrogen) atoms. The van der Waals surface area contributed by atoms with Crippen LogP contribution >= 0.6 is 15.9 Å². The molecule has 1 aromatic heterocycles. The van der Waals surface area contributed by atoms with Crippen molar-refractivity contribution in [1.29, 1.82) is 0 Å². The van der Waals surface area contributed by atoms with Gasteiger partial charge >= 0.3 is 0 Å². The highest BCUT2D eigenvalue weighted by atomic mass is 79.9. The Morgan fingerprint density at radius 1 is 1.17 bits per heavy atom. The summed E-state index contributed by atoms with van der Waals surface area (Å²) < 4.78 is 0.900. The van der Waals surface area contributed by atoms with Gasteiger partial charge in [0.15, 0.2) is 0 Å². The molecule has 5 nitrogen and oxygen atoms in total. The lowest BCUT2D eigenvalue weighted by Gasteiger charge is -1.99. The lowest BCUT2D eigenvalue weighted by Crippen LogP contribution is -1.88. The molecule has 0 saturated carbocycles. The predicted molar refractivity (Wildman–Crippen MR) is 44.4 cm³/mol. The Balaban J connectivity index is 2.34. The van der Waals surface area contributed by atoms with Crippen LogP contribution in [0.5, 0.6) is 0 Å². The van der Waals surface area contributed by atoms with Crippen molar-refractivity contribution in [2.24, 2.45) is 20.7 Å². The van der Waals surface area contributed by atoms with Gasteiger partial charge in [0, 0.05) is 22.4 Å². The van der Waals surface area contributed by atoms with Crippen LogP contribution in [0.3, 0.4) is 0 Å². The molecule has 0 atom stereocenters. The van der Waals surface area contributed by atoms with E-state index in [9.17, 15) is 0 Å². The van der Waals surface area contributed by atoms with Gasteiger partial charge in [-0.15, -0.1) is 10.2 Å². The molecule has 0 N–H and O–H groups in total. The summed E-state index contributed by atoms with van der Waals surface area (Å²) in [7, 11) is 0. The average molecular weight is 226 g/mol. The minimum absolute atomic E-state index is 0.310. The highest BCUT2D eigenvalue weighted by Gasteiger charge is 2.12. The van der Waals surface area contributed by atoms with Gasteiger partial charge in [-0.3, -0.25) is 4.98 Å². The molecule has 0 fully saturated rings. The van der Waals surface area contributed by atoms with Crippen LogP contribution in [-0.2, 0) is 0 Å². The zero-order valence-electron chi connectivity index (χ0n) is 5.92. The van der Waals surface area contributed by atoms with Gasteiger partial charge in [-0.1, -0.05) is 0 Å². The predicted octanol–water partition coefficient (Wildman–Crippen LogP) is 2.68. The second-order valence-electron chi connectivity index (χ2n) is 2.22. The fourth-order valence-corrected chi connectivity index (χ4v) is 1.25. The van der Waals surface area contributed by atoms with Crippen molar-refractivity contribution >= 4 is 15.9 Å². The first kappa shape index (κ1) is 7.48. The molecular weight excluding hydrogens is 222 g/mol. The Morgan fingerprint density at radius 2 is 1.92 bits per heavy atom. The molecule has 0 radical (unpaired) electrons. The molecule has 1 aliphatic rings. The van der Waals surface area contributed by atoms with Crippen LogP contribution in [0.1, 0.15) is 11.7 Å². The first-order valence-electron chi connectivity index (χ1n) is 3.27. The lowest BCUT2D eigenvalue weighted by atomic mass is 10.2. The molecule has 0 aromatic carbocycles. The van der Waals surface area contributed by atoms with Gasteiger partial charge in [0.05, 0.1) is 0 Å². The summed E-state index contributed by atoms with van der Waals surface area (Å²) in [5.74, 6) is 0. The smallest absolute Gasteiger partial charge is 0.211 e. The zero-order valence-corrected chi connectivity index (χ0v) is 7.51. The second-order valence-corrected chi connectivity index (χ2v) is 3.14. The lowest BCUT2D eigenvalue weighted by molar-refractivity contribution is 0.759. The summed E-state index contributed by atoms with van der Waals surface area (Å²) in [6.45, 7) is 0. The van der Waals surface area contributed by atoms with Crippen LogP contribution in [0.4, 0.5) is 0 Å². The Hall–Kier alpha value is -1.17. The summed E-state index contributed by atoms with van der Waals surface area (Å²) in [5, 5.41) is 14.4. The standard InChI is InChI=1S/C6H4BrN5/c7-5-1-4(2-8-3-5)6-9-11-12-10-6/h1-3,6H. The number of nitrogens with zero attached hydrogens (tertiary/aromatic N) is 5. The van der Waals surface area contributed by atoms with Crippen molar-refractivity contribution in [1.82, 2.24) is 4.98 Å². The topological polar surface area (TPSA) is 62.3 Å². The molecular formula is C6H4BrN5. The fraction of sp³-hybridized carbons (Fsp3) is 0.167. The maximum atomic E-state index is 3.98. The Bertz CT molecular complexity index is 336. The maximum Gasteiger partial charge on any atom is 0.211 e. The fourth-order valence-electron chi connectivity index (χ4n) is 0.870. The largest absolute Gasteiger partial charge is 0.263 e. The van der Waals surface area contributed by atoms with Crippen molar-refractivity contribution in [2.45, 2.75) is 6.17 Å². The van der Waals surface area contributed by atoms with E-state index in [0.29, 0.717) is 0 Å². The van der Waals surface area contributed by atoms with Crippen LogP contribution in [0.2, 0.25) is 0 Å². The van der Waals surface area contributed by atoms with E-state index in [0.717, 1.165) is 10.0 Å². The Labute approximate surface area is 76.7 Å². The first-order chi connectivity index (χ1) is 5.86. The second kappa shape index (κ2) is 3.06. The summed E-state index contributed by atoms with van der Waals surface area (Å²) in [6, 6.07) is 1.89. The molecule has 0 unspecified atom stereocenters. The summed E-state index contributed by atoms with van der Waals surface area (Å²) >= 11 is 3.30. The van der Waals surface area contributed by atoms with Gasteiger partial charge in [0.25, 0.3) is 0 Å². The maximum absolute atomic E-state index is 3.98. The van der Waals surface area contributed by atoms with E-state index in [1.807, 2.05) is 6.07 Å². The average Bonchev–Trinajstić information content (AvgIpc) is 2.56. The summed E-state index contributed by atoms with van der Waals surface area (Å²) in [6.07, 6.45) is 3.08. The van der Waals surface area contributed by atoms with Gasteiger partial charge in [-0.2, -0.15) is 0 Å². The highest BCUT2D eigenvalue weighted by molar-refractivity contribution is 9.10. The van der Waals surface area contributed by atoms with E-state index >= 15 is 0 Å². The highest BCUT2D eigenvalue weighted by Crippen LogP contribution is 2.24. The quantitative estimate of drug-likeness (QED) is 0.725. The Morgan fingerprint density at radius 3 is 2.58 bits per heavy atom. The molecule has 0 aliphatic carbocycles. The van der Waals surface area contributed by atoms with Gasteiger partial charge in [-0.05, 0) is 32.4 Å². The molecule has 0 saturated heterocycles. The van der Waals surface area contributed by atoms with Gasteiger partial charge in [-0.25, -0.2) is 0 Å². The number of hydrogen-bond acceptors (Lipinski definition) is 5. The molecule has 0 spiro atoms. The van der Waals surface area contributed by atoms with E-state index in [1.54, 1.807) is 12.4 Å². The SMILES string of the molecule is Brc1cncc(C2N=NN=N2)c1. The first-order valence-corrected chi connectivity index (χ1v) is 4.06. The van der Waals surface area contributed by atoms with Crippen LogP contribution in [0.25, 0.3) is 0 Å². The number of pyridine rings is 1. The minimum Gasteiger partial charge on any atom is -0.263 e. The van der Waals surface area contributed by atoms with Gasteiger partial charge in [0.2, 0.25) is 6.17 Å². The number of aromatic nitrogens is 1. The van der Waals surface area contributed by atoms with Crippen LogP contribution in [-0.4, -0.2) is 4.98 Å². The van der Waals surface area contributed by atoms with Crippen molar-refractivity contribution in [3.05, 3.63) is 28.5 Å². The Kier molecular flexibility index (Phi) is 1.91. The van der Waals surface area contributed by atoms with E-state index in [4.69, 9.17) is 0 Å². The van der Waals surface area contributed by atoms with Crippen molar-refractivity contribution in [3.8, 4) is 0 Å². The number of rotatable bonds is 1. The third-order valence-corrected chi connectivity index (χ3v) is 1.82. The van der Waals surface area contributed by atoms with Gasteiger partial charge in [0.1, 0.15) is 0 Å². The van der Waals surface area contributed by atoms with E-state index in [1.165, 1.54) is 0 Å². The van der Waals surface area contributed by atoms with E-state index in [2.05, 4.69) is 41.6 Å².